The van der Waals surface area contributed by atoms with Crippen LogP contribution in [0.25, 0.3) is 0 Å². The van der Waals surface area contributed by atoms with E-state index in [1.165, 1.54) is 5.56 Å². The molecule has 3 nitrogen and oxygen atoms in total. The molecular weight excluding hydrogens is 258 g/mol. The number of nitrogens with zero attached hydrogens (tertiary/aromatic N) is 1. The van der Waals surface area contributed by atoms with E-state index in [0.29, 0.717) is 24.6 Å². The van der Waals surface area contributed by atoms with Crippen molar-refractivity contribution in [3.63, 3.8) is 0 Å². The second kappa shape index (κ2) is 6.48. The van der Waals surface area contributed by atoms with Crippen LogP contribution in [0.15, 0.2) is 43.0 Å². The fourth-order valence-electron chi connectivity index (χ4n) is 2.15. The van der Waals surface area contributed by atoms with Crippen LogP contribution in [0.5, 0.6) is 0 Å². The maximum atomic E-state index is 12.1. The highest BCUT2D eigenvalue weighted by Gasteiger charge is 2.34. The summed E-state index contributed by atoms with van der Waals surface area (Å²) in [7, 11) is 0. The largest absolute Gasteiger partial charge is 0.468 e. The number of ether oxygens (including phenoxy) is 1. The Hall–Kier alpha value is -1.68. The molecule has 100 valence electrons. The van der Waals surface area contributed by atoms with Crippen LogP contribution in [0, 0.1) is 0 Å². The Labute approximate surface area is 118 Å². The number of allylic oxidation sites excluding steroid dienone is 1. The zero-order valence-electron chi connectivity index (χ0n) is 10.7. The van der Waals surface area contributed by atoms with Crippen LogP contribution in [-0.2, 0) is 16.0 Å². The topological polar surface area (TPSA) is 29.5 Å². The average molecular weight is 275 g/mol. The standard InChI is InChI=1S/C15H17NO2S/c1-2-3-9-14(17)16-13(11-18-15(16)19)10-12-7-5-4-6-8-12/h2,4-8,13H,1,3,9-11H2/t13-/m1/s1. The molecule has 1 fully saturated rings. The number of carbonyl (C=O) groups is 1. The first-order valence-corrected chi connectivity index (χ1v) is 6.77. The lowest BCUT2D eigenvalue weighted by atomic mass is 10.1. The summed E-state index contributed by atoms with van der Waals surface area (Å²) < 4.78 is 5.36. The summed E-state index contributed by atoms with van der Waals surface area (Å²) in [5, 5.41) is 0.301. The molecule has 4 heteroatoms. The highest BCUT2D eigenvalue weighted by molar-refractivity contribution is 7.80. The molecule has 0 N–H and O–H groups in total. The smallest absolute Gasteiger partial charge is 0.266 e. The van der Waals surface area contributed by atoms with Gasteiger partial charge < -0.3 is 4.74 Å². The van der Waals surface area contributed by atoms with Gasteiger partial charge in [0.15, 0.2) is 0 Å². The molecule has 19 heavy (non-hydrogen) atoms. The Morgan fingerprint density at radius 2 is 2.21 bits per heavy atom. The molecule has 0 saturated carbocycles. The molecule has 0 unspecified atom stereocenters. The minimum atomic E-state index is 0.00668. The van der Waals surface area contributed by atoms with Gasteiger partial charge in [-0.1, -0.05) is 36.4 Å². The van der Waals surface area contributed by atoms with Gasteiger partial charge in [-0.05, 0) is 30.6 Å². The van der Waals surface area contributed by atoms with Crippen LogP contribution in [0.2, 0.25) is 0 Å². The molecule has 1 aliphatic rings. The number of hydrogen-bond donors (Lipinski definition) is 0. The first-order valence-electron chi connectivity index (χ1n) is 6.36. The molecule has 1 aromatic rings. The third-order valence-electron chi connectivity index (χ3n) is 3.11. The summed E-state index contributed by atoms with van der Waals surface area (Å²) >= 11 is 5.12. The van der Waals surface area contributed by atoms with E-state index in [4.69, 9.17) is 17.0 Å². The minimum absolute atomic E-state index is 0.00668. The molecule has 2 rings (SSSR count). The van der Waals surface area contributed by atoms with Gasteiger partial charge in [-0.25, -0.2) is 0 Å². The van der Waals surface area contributed by atoms with Gasteiger partial charge in [0.1, 0.15) is 6.61 Å². The second-order valence-corrected chi connectivity index (χ2v) is 4.86. The fourth-order valence-corrected chi connectivity index (χ4v) is 2.47. The Bertz CT molecular complexity index is 472. The van der Waals surface area contributed by atoms with E-state index in [0.717, 1.165) is 6.42 Å². The van der Waals surface area contributed by atoms with E-state index in [9.17, 15) is 4.79 Å². The Kier molecular flexibility index (Phi) is 4.68. The number of hydrogen-bond acceptors (Lipinski definition) is 3. The molecule has 0 bridgehead atoms. The number of thiocarbonyl (C=S) groups is 1. The average Bonchev–Trinajstić information content (AvgIpc) is 2.78. The van der Waals surface area contributed by atoms with Crippen LogP contribution in [-0.4, -0.2) is 28.6 Å². The second-order valence-electron chi connectivity index (χ2n) is 4.51. The molecule has 1 heterocycles. The maximum absolute atomic E-state index is 12.1. The van der Waals surface area contributed by atoms with Crippen molar-refractivity contribution in [1.29, 1.82) is 0 Å². The zero-order valence-corrected chi connectivity index (χ0v) is 11.6. The molecule has 1 atom stereocenters. The van der Waals surface area contributed by atoms with E-state index in [-0.39, 0.29) is 11.9 Å². The van der Waals surface area contributed by atoms with Gasteiger partial charge in [0.2, 0.25) is 5.91 Å². The maximum Gasteiger partial charge on any atom is 0.266 e. The molecule has 0 spiro atoms. The van der Waals surface area contributed by atoms with Crippen molar-refractivity contribution in [2.45, 2.75) is 25.3 Å². The molecule has 1 aromatic carbocycles. The van der Waals surface area contributed by atoms with Crippen molar-refractivity contribution in [2.24, 2.45) is 0 Å². The summed E-state index contributed by atoms with van der Waals surface area (Å²) in [5.74, 6) is 0.0170. The SMILES string of the molecule is C=CCCC(=O)N1C(=S)OC[C@H]1Cc1ccccc1. The van der Waals surface area contributed by atoms with Gasteiger partial charge in [0.05, 0.1) is 6.04 Å². The first-order chi connectivity index (χ1) is 9.22. The number of carbonyl (C=O) groups excluding carboxylic acids is 1. The minimum Gasteiger partial charge on any atom is -0.468 e. The van der Waals surface area contributed by atoms with E-state index >= 15 is 0 Å². The third-order valence-corrected chi connectivity index (χ3v) is 3.42. The molecule has 1 saturated heterocycles. The molecule has 0 aromatic heterocycles. The summed E-state index contributed by atoms with van der Waals surface area (Å²) in [5.41, 5.74) is 1.18. The zero-order chi connectivity index (χ0) is 13.7. The molecule has 0 aliphatic carbocycles. The van der Waals surface area contributed by atoms with Crippen molar-refractivity contribution in [3.05, 3.63) is 48.6 Å². The molecular formula is C15H17NO2S. The number of rotatable bonds is 5. The van der Waals surface area contributed by atoms with Gasteiger partial charge >= 0.3 is 0 Å². The highest BCUT2D eigenvalue weighted by Crippen LogP contribution is 2.19. The normalized spacial score (nSPS) is 18.2. The van der Waals surface area contributed by atoms with Crippen molar-refractivity contribution in [1.82, 2.24) is 4.90 Å². The van der Waals surface area contributed by atoms with Crippen molar-refractivity contribution in [3.8, 4) is 0 Å². The number of benzene rings is 1. The molecule has 1 amide bonds. The van der Waals surface area contributed by atoms with Crippen LogP contribution >= 0.6 is 12.2 Å². The summed E-state index contributed by atoms with van der Waals surface area (Å²) in [6, 6.07) is 10.1. The van der Waals surface area contributed by atoms with Gasteiger partial charge in [-0.3, -0.25) is 9.69 Å². The van der Waals surface area contributed by atoms with Gasteiger partial charge in [0, 0.05) is 6.42 Å². The Balaban J connectivity index is 2.05. The summed E-state index contributed by atoms with van der Waals surface area (Å²) in [6.07, 6.45) is 3.60. The predicted molar refractivity (Wildman–Crippen MR) is 78.8 cm³/mol. The van der Waals surface area contributed by atoms with Crippen LogP contribution < -0.4 is 0 Å². The van der Waals surface area contributed by atoms with Crippen LogP contribution in [0.3, 0.4) is 0 Å². The third kappa shape index (κ3) is 3.41. The Morgan fingerprint density at radius 3 is 2.89 bits per heavy atom. The molecule has 0 radical (unpaired) electrons. The summed E-state index contributed by atoms with van der Waals surface area (Å²) in [6.45, 7) is 4.11. The van der Waals surface area contributed by atoms with E-state index in [1.807, 2.05) is 30.3 Å². The summed E-state index contributed by atoms with van der Waals surface area (Å²) in [4.78, 5) is 13.7. The lowest BCUT2D eigenvalue weighted by molar-refractivity contribution is -0.128. The first kappa shape index (κ1) is 13.7. The lowest BCUT2D eigenvalue weighted by Crippen LogP contribution is -2.39. The van der Waals surface area contributed by atoms with Crippen molar-refractivity contribution >= 4 is 23.3 Å². The Morgan fingerprint density at radius 1 is 1.47 bits per heavy atom. The van der Waals surface area contributed by atoms with Gasteiger partial charge in [-0.2, -0.15) is 0 Å². The van der Waals surface area contributed by atoms with E-state index in [1.54, 1.807) is 11.0 Å². The van der Waals surface area contributed by atoms with Crippen LogP contribution in [0.4, 0.5) is 0 Å². The predicted octanol–water partition coefficient (Wildman–Crippen LogP) is 2.71. The highest BCUT2D eigenvalue weighted by atomic mass is 32.1. The van der Waals surface area contributed by atoms with Crippen LogP contribution in [0.1, 0.15) is 18.4 Å². The van der Waals surface area contributed by atoms with Gasteiger partial charge in [0.25, 0.3) is 5.17 Å². The fraction of sp³-hybridized carbons (Fsp3) is 0.333. The van der Waals surface area contributed by atoms with Crippen molar-refractivity contribution in [2.75, 3.05) is 6.61 Å². The van der Waals surface area contributed by atoms with E-state index < -0.39 is 0 Å². The quantitative estimate of drug-likeness (QED) is 0.611. The monoisotopic (exact) mass is 275 g/mol. The van der Waals surface area contributed by atoms with E-state index in [2.05, 4.69) is 6.58 Å². The van der Waals surface area contributed by atoms with Gasteiger partial charge in [-0.15, -0.1) is 6.58 Å². The lowest BCUT2D eigenvalue weighted by Gasteiger charge is -2.21. The molecule has 1 aliphatic heterocycles. The van der Waals surface area contributed by atoms with Crippen molar-refractivity contribution < 1.29 is 9.53 Å². The number of amides is 1.